The molecule has 0 atom stereocenters. The van der Waals surface area contributed by atoms with Gasteiger partial charge in [0.05, 0.1) is 27.0 Å². The van der Waals surface area contributed by atoms with Crippen LogP contribution in [-0.4, -0.2) is 38.2 Å². The highest BCUT2D eigenvalue weighted by molar-refractivity contribution is 7.91. The predicted octanol–water partition coefficient (Wildman–Crippen LogP) is 1.96. The fourth-order valence-electron chi connectivity index (χ4n) is 1.94. The molecule has 0 saturated carbocycles. The predicted molar refractivity (Wildman–Crippen MR) is 77.5 cm³/mol. The lowest BCUT2D eigenvalue weighted by molar-refractivity contribution is -0.114. The van der Waals surface area contributed by atoms with E-state index in [4.69, 9.17) is 23.2 Å². The maximum atomic E-state index is 11.9. The summed E-state index contributed by atoms with van der Waals surface area (Å²) in [7, 11) is -3.25. The molecule has 0 saturated heterocycles. The summed E-state index contributed by atoms with van der Waals surface area (Å²) in [6, 6.07) is 2.90. The normalized spacial score (nSPS) is 14.8. The molecule has 1 aliphatic rings. The number of Topliss-reactive ketones (excluding diaryl/α,β-unsaturated/α-hetero) is 1. The zero-order valence-electron chi connectivity index (χ0n) is 10.5. The molecule has 108 valence electrons. The average Bonchev–Trinajstić information content (AvgIpc) is 2.66. The van der Waals surface area contributed by atoms with Crippen LogP contribution in [0.3, 0.4) is 0 Å². The molecule has 1 amide bonds. The first-order chi connectivity index (χ1) is 9.28. The average molecular weight is 336 g/mol. The second-order valence-corrected chi connectivity index (χ2v) is 7.56. The third-order valence-electron chi connectivity index (χ3n) is 3.08. The van der Waals surface area contributed by atoms with Gasteiger partial charge in [-0.2, -0.15) is 0 Å². The molecule has 0 radical (unpaired) electrons. The summed E-state index contributed by atoms with van der Waals surface area (Å²) >= 11 is 11.9. The van der Waals surface area contributed by atoms with Crippen molar-refractivity contribution in [1.82, 2.24) is 0 Å². The molecular formula is C12H11Cl2NO4S. The lowest BCUT2D eigenvalue weighted by Crippen LogP contribution is -2.34. The zero-order chi connectivity index (χ0) is 15.1. The van der Waals surface area contributed by atoms with E-state index in [1.807, 2.05) is 0 Å². The van der Waals surface area contributed by atoms with Crippen molar-refractivity contribution in [3.05, 3.63) is 27.7 Å². The summed E-state index contributed by atoms with van der Waals surface area (Å²) in [4.78, 5) is 24.9. The monoisotopic (exact) mass is 335 g/mol. The van der Waals surface area contributed by atoms with Crippen molar-refractivity contribution in [3.8, 4) is 0 Å². The SMILES string of the molecule is CCS(=O)(=O)CCN1C(=O)C(=O)c2c(Cl)ccc(Cl)c21. The molecule has 0 unspecified atom stereocenters. The van der Waals surface area contributed by atoms with E-state index in [-0.39, 0.29) is 39.3 Å². The van der Waals surface area contributed by atoms with E-state index in [1.54, 1.807) is 0 Å². The number of fused-ring (bicyclic) bond motifs is 1. The molecule has 0 bridgehead atoms. The van der Waals surface area contributed by atoms with Gasteiger partial charge in [-0.15, -0.1) is 0 Å². The number of anilines is 1. The van der Waals surface area contributed by atoms with Gasteiger partial charge < -0.3 is 4.90 Å². The lowest BCUT2D eigenvalue weighted by Gasteiger charge is -2.17. The number of nitrogens with zero attached hydrogens (tertiary/aromatic N) is 1. The Balaban J connectivity index is 2.41. The fourth-order valence-corrected chi connectivity index (χ4v) is 3.19. The van der Waals surface area contributed by atoms with Crippen LogP contribution in [0.2, 0.25) is 10.0 Å². The number of sulfone groups is 1. The Hall–Kier alpha value is -1.11. The molecule has 0 aromatic heterocycles. The minimum absolute atomic E-state index is 0.0287. The van der Waals surface area contributed by atoms with Crippen LogP contribution in [0.1, 0.15) is 17.3 Å². The van der Waals surface area contributed by atoms with E-state index >= 15 is 0 Å². The molecule has 1 aromatic carbocycles. The van der Waals surface area contributed by atoms with Gasteiger partial charge in [0.1, 0.15) is 0 Å². The summed E-state index contributed by atoms with van der Waals surface area (Å²) in [5.41, 5.74) is 0.235. The van der Waals surface area contributed by atoms with Crippen LogP contribution in [0.4, 0.5) is 5.69 Å². The van der Waals surface area contributed by atoms with Gasteiger partial charge in [0.15, 0.2) is 9.84 Å². The van der Waals surface area contributed by atoms with Crippen LogP contribution in [0.25, 0.3) is 0 Å². The Morgan fingerprint density at radius 3 is 2.35 bits per heavy atom. The Morgan fingerprint density at radius 1 is 1.15 bits per heavy atom. The first-order valence-electron chi connectivity index (χ1n) is 5.83. The third kappa shape index (κ3) is 2.55. The van der Waals surface area contributed by atoms with Gasteiger partial charge in [0.25, 0.3) is 11.7 Å². The van der Waals surface area contributed by atoms with Crippen LogP contribution in [-0.2, 0) is 14.6 Å². The zero-order valence-corrected chi connectivity index (χ0v) is 12.8. The van der Waals surface area contributed by atoms with Gasteiger partial charge in [-0.05, 0) is 12.1 Å². The van der Waals surface area contributed by atoms with Crippen molar-refractivity contribution in [1.29, 1.82) is 0 Å². The number of rotatable bonds is 4. The molecule has 5 nitrogen and oxygen atoms in total. The first-order valence-corrected chi connectivity index (χ1v) is 8.41. The second kappa shape index (κ2) is 5.35. The van der Waals surface area contributed by atoms with Crippen molar-refractivity contribution < 1.29 is 18.0 Å². The molecule has 0 fully saturated rings. The van der Waals surface area contributed by atoms with Gasteiger partial charge >= 0.3 is 0 Å². The van der Waals surface area contributed by atoms with Crippen molar-refractivity contribution in [3.63, 3.8) is 0 Å². The minimum atomic E-state index is -3.25. The van der Waals surface area contributed by atoms with Crippen molar-refractivity contribution in [2.45, 2.75) is 6.92 Å². The van der Waals surface area contributed by atoms with E-state index in [1.165, 1.54) is 19.1 Å². The molecule has 8 heteroatoms. The van der Waals surface area contributed by atoms with Crippen LogP contribution >= 0.6 is 23.2 Å². The summed E-state index contributed by atoms with van der Waals surface area (Å²) in [5, 5.41) is 0.320. The Bertz CT molecular complexity index is 700. The van der Waals surface area contributed by atoms with Gasteiger partial charge in [0.2, 0.25) is 0 Å². The van der Waals surface area contributed by atoms with E-state index < -0.39 is 21.5 Å². The smallest absolute Gasteiger partial charge is 0.299 e. The number of amides is 1. The number of hydrogen-bond acceptors (Lipinski definition) is 4. The number of benzene rings is 1. The highest BCUT2D eigenvalue weighted by Gasteiger charge is 2.39. The summed E-state index contributed by atoms with van der Waals surface area (Å²) in [6.45, 7) is 1.40. The standard InChI is InChI=1S/C12H11Cl2NO4S/c1-2-20(18,19)6-5-15-10-8(14)4-3-7(13)9(10)11(16)12(15)17/h3-4H,2,5-6H2,1H3. The van der Waals surface area contributed by atoms with E-state index in [0.29, 0.717) is 0 Å². The molecule has 1 aliphatic heterocycles. The van der Waals surface area contributed by atoms with Gasteiger partial charge in [-0.25, -0.2) is 8.42 Å². The second-order valence-electron chi connectivity index (χ2n) is 4.28. The molecule has 0 N–H and O–H groups in total. The summed E-state index contributed by atoms with van der Waals surface area (Å²) < 4.78 is 23.1. The van der Waals surface area contributed by atoms with Gasteiger partial charge in [-0.3, -0.25) is 9.59 Å². The molecule has 2 rings (SSSR count). The molecule has 1 heterocycles. The molecule has 0 spiro atoms. The quantitative estimate of drug-likeness (QED) is 0.788. The molecular weight excluding hydrogens is 325 g/mol. The van der Waals surface area contributed by atoms with Crippen LogP contribution in [0.15, 0.2) is 12.1 Å². The number of halogens is 2. The minimum Gasteiger partial charge on any atom is -0.302 e. The van der Waals surface area contributed by atoms with Gasteiger partial charge in [0, 0.05) is 12.3 Å². The van der Waals surface area contributed by atoms with Crippen LogP contribution in [0, 0.1) is 0 Å². The lowest BCUT2D eigenvalue weighted by atomic mass is 10.1. The maximum Gasteiger partial charge on any atom is 0.299 e. The number of hydrogen-bond donors (Lipinski definition) is 0. The van der Waals surface area contributed by atoms with Crippen LogP contribution in [0.5, 0.6) is 0 Å². The molecule has 20 heavy (non-hydrogen) atoms. The topological polar surface area (TPSA) is 71.5 Å². The molecule has 1 aromatic rings. The Morgan fingerprint density at radius 2 is 1.75 bits per heavy atom. The number of ketones is 1. The van der Waals surface area contributed by atoms with E-state index in [9.17, 15) is 18.0 Å². The van der Waals surface area contributed by atoms with Crippen LogP contribution < -0.4 is 4.90 Å². The fraction of sp³-hybridized carbons (Fsp3) is 0.333. The summed E-state index contributed by atoms with van der Waals surface area (Å²) in [5.74, 6) is -1.83. The maximum absolute atomic E-state index is 11.9. The van der Waals surface area contributed by atoms with Crippen molar-refractivity contribution in [2.24, 2.45) is 0 Å². The summed E-state index contributed by atoms with van der Waals surface area (Å²) in [6.07, 6.45) is 0. The third-order valence-corrected chi connectivity index (χ3v) is 5.38. The molecule has 0 aliphatic carbocycles. The van der Waals surface area contributed by atoms with Crippen molar-refractivity contribution in [2.75, 3.05) is 23.0 Å². The van der Waals surface area contributed by atoms with E-state index in [0.717, 1.165) is 4.90 Å². The highest BCUT2D eigenvalue weighted by atomic mass is 35.5. The highest BCUT2D eigenvalue weighted by Crippen LogP contribution is 2.39. The largest absolute Gasteiger partial charge is 0.302 e. The van der Waals surface area contributed by atoms with Gasteiger partial charge in [-0.1, -0.05) is 30.1 Å². The Labute approximate surface area is 126 Å². The van der Waals surface area contributed by atoms with Crippen molar-refractivity contribution >= 4 is 50.4 Å². The first kappa shape index (κ1) is 15.3. The number of carbonyl (C=O) groups excluding carboxylic acids is 2. The number of carbonyl (C=O) groups is 2. The van der Waals surface area contributed by atoms with E-state index in [2.05, 4.69) is 0 Å². The Kier molecular flexibility index (Phi) is 4.09.